The van der Waals surface area contributed by atoms with Crippen LogP contribution in [0, 0.1) is 12.3 Å². The summed E-state index contributed by atoms with van der Waals surface area (Å²) in [6.45, 7) is 8.35. The van der Waals surface area contributed by atoms with Crippen LogP contribution < -0.4 is 0 Å². The van der Waals surface area contributed by atoms with Crippen molar-refractivity contribution in [2.75, 3.05) is 0 Å². The van der Waals surface area contributed by atoms with E-state index in [1.807, 2.05) is 20.0 Å². The van der Waals surface area contributed by atoms with E-state index in [4.69, 9.17) is 0 Å². The minimum atomic E-state index is 0.188. The topological polar surface area (TPSA) is 34.9 Å². The van der Waals surface area contributed by atoms with Crippen molar-refractivity contribution < 1.29 is 4.79 Å². The van der Waals surface area contributed by atoms with Crippen LogP contribution in [0.15, 0.2) is 6.07 Å². The van der Waals surface area contributed by atoms with Crippen LogP contribution in [0.2, 0.25) is 0 Å². The van der Waals surface area contributed by atoms with Crippen LogP contribution >= 0.6 is 0 Å². The summed E-state index contributed by atoms with van der Waals surface area (Å²) in [6.07, 6.45) is 1.51. The molecule has 1 rings (SSSR count). The van der Waals surface area contributed by atoms with E-state index in [0.29, 0.717) is 6.42 Å². The molecule has 0 aliphatic carbocycles. The van der Waals surface area contributed by atoms with Gasteiger partial charge in [-0.05, 0) is 24.8 Å². The summed E-state index contributed by atoms with van der Waals surface area (Å²) in [6, 6.07) is 1.85. The lowest BCUT2D eigenvalue weighted by Crippen LogP contribution is -2.11. The molecule has 0 unspecified atom stereocenters. The lowest BCUT2D eigenvalue weighted by Gasteiger charge is -2.16. The molecule has 0 fully saturated rings. The number of rotatable bonds is 3. The third kappa shape index (κ3) is 3.50. The minimum Gasteiger partial charge on any atom is -0.292 e. The zero-order valence-corrected chi connectivity index (χ0v) is 10.3. The fourth-order valence-corrected chi connectivity index (χ4v) is 1.49. The summed E-state index contributed by atoms with van der Waals surface area (Å²) < 4.78 is 1.67. The van der Waals surface area contributed by atoms with Crippen LogP contribution in [-0.4, -0.2) is 15.6 Å². The Morgan fingerprint density at radius 1 is 1.47 bits per heavy atom. The Bertz CT molecular complexity index is 358. The summed E-state index contributed by atoms with van der Waals surface area (Å²) in [5.41, 5.74) is 1.83. The molecule has 15 heavy (non-hydrogen) atoms. The minimum absolute atomic E-state index is 0.188. The summed E-state index contributed by atoms with van der Waals surface area (Å²) in [7, 11) is 1.82. The molecule has 0 saturated carbocycles. The normalized spacial score (nSPS) is 11.8. The highest BCUT2D eigenvalue weighted by Crippen LogP contribution is 2.22. The Morgan fingerprint density at radius 3 is 2.47 bits per heavy atom. The van der Waals surface area contributed by atoms with Crippen molar-refractivity contribution in [1.29, 1.82) is 0 Å². The highest BCUT2D eigenvalue weighted by atomic mass is 16.1. The van der Waals surface area contributed by atoms with Gasteiger partial charge in [0.2, 0.25) is 0 Å². The molecule has 0 aliphatic heterocycles. The molecule has 0 aromatic carbocycles. The Hall–Kier alpha value is -1.12. The molecule has 0 saturated heterocycles. The van der Waals surface area contributed by atoms with E-state index in [-0.39, 0.29) is 11.2 Å². The molecule has 3 nitrogen and oxygen atoms in total. The monoisotopic (exact) mass is 208 g/mol. The molecule has 0 radical (unpaired) electrons. The molecular formula is C12H20N2O. The molecule has 0 atom stereocenters. The Morgan fingerprint density at radius 2 is 2.07 bits per heavy atom. The molecule has 0 spiro atoms. The van der Waals surface area contributed by atoms with E-state index in [9.17, 15) is 4.79 Å². The third-order valence-corrected chi connectivity index (χ3v) is 2.39. The molecule has 0 aliphatic rings. The van der Waals surface area contributed by atoms with Gasteiger partial charge in [0.1, 0.15) is 5.69 Å². The van der Waals surface area contributed by atoms with Gasteiger partial charge >= 0.3 is 0 Å². The van der Waals surface area contributed by atoms with Gasteiger partial charge in [-0.2, -0.15) is 5.10 Å². The first-order valence-corrected chi connectivity index (χ1v) is 5.33. The first-order chi connectivity index (χ1) is 6.79. The Kier molecular flexibility index (Phi) is 3.32. The average Bonchev–Trinajstić information content (AvgIpc) is 2.40. The summed E-state index contributed by atoms with van der Waals surface area (Å²) >= 11 is 0. The summed E-state index contributed by atoms with van der Waals surface area (Å²) in [4.78, 5) is 11.9. The second-order valence-electron chi connectivity index (χ2n) is 5.28. The van der Waals surface area contributed by atoms with Crippen molar-refractivity contribution in [2.45, 2.75) is 40.5 Å². The number of Topliss-reactive ketones (excluding diaryl/α,β-unsaturated/α-hetero) is 1. The Balaban J connectivity index is 2.66. The molecule has 0 bridgehead atoms. The zero-order chi connectivity index (χ0) is 11.6. The molecule has 0 amide bonds. The van der Waals surface area contributed by atoms with Gasteiger partial charge < -0.3 is 0 Å². The lowest BCUT2D eigenvalue weighted by molar-refractivity contribution is 0.0957. The lowest BCUT2D eigenvalue weighted by atomic mass is 9.89. The molecule has 3 heteroatoms. The fraction of sp³-hybridized carbons (Fsp3) is 0.667. The van der Waals surface area contributed by atoms with Crippen LogP contribution in [0.3, 0.4) is 0 Å². The molecule has 1 heterocycles. The number of aryl methyl sites for hydroxylation is 2. The van der Waals surface area contributed by atoms with Gasteiger partial charge in [0.25, 0.3) is 0 Å². The van der Waals surface area contributed by atoms with Gasteiger partial charge in [-0.15, -0.1) is 0 Å². The number of hydrogen-bond donors (Lipinski definition) is 0. The van der Waals surface area contributed by atoms with Crippen molar-refractivity contribution in [2.24, 2.45) is 12.5 Å². The van der Waals surface area contributed by atoms with Crippen LogP contribution in [0.5, 0.6) is 0 Å². The number of aromatic nitrogens is 2. The van der Waals surface area contributed by atoms with Crippen molar-refractivity contribution in [3.8, 4) is 0 Å². The molecular weight excluding hydrogens is 188 g/mol. The number of carbonyl (C=O) groups excluding carboxylic acids is 1. The number of nitrogens with zero attached hydrogens (tertiary/aromatic N) is 2. The van der Waals surface area contributed by atoms with E-state index in [2.05, 4.69) is 25.9 Å². The van der Waals surface area contributed by atoms with Gasteiger partial charge in [0.05, 0.1) is 5.69 Å². The number of hydrogen-bond acceptors (Lipinski definition) is 2. The maximum atomic E-state index is 11.9. The molecule has 1 aromatic heterocycles. The first-order valence-electron chi connectivity index (χ1n) is 5.33. The number of carbonyl (C=O) groups is 1. The zero-order valence-electron chi connectivity index (χ0n) is 10.3. The predicted molar refractivity (Wildman–Crippen MR) is 61.0 cm³/mol. The van der Waals surface area contributed by atoms with E-state index in [1.165, 1.54) is 0 Å². The van der Waals surface area contributed by atoms with E-state index < -0.39 is 0 Å². The van der Waals surface area contributed by atoms with Crippen LogP contribution in [-0.2, 0) is 7.05 Å². The van der Waals surface area contributed by atoms with Crippen LogP contribution in [0.4, 0.5) is 0 Å². The second-order valence-corrected chi connectivity index (χ2v) is 5.28. The van der Waals surface area contributed by atoms with E-state index >= 15 is 0 Å². The van der Waals surface area contributed by atoms with Gasteiger partial charge in [0, 0.05) is 13.5 Å². The third-order valence-electron chi connectivity index (χ3n) is 2.39. The maximum absolute atomic E-state index is 11.9. The highest BCUT2D eigenvalue weighted by Gasteiger charge is 2.16. The van der Waals surface area contributed by atoms with Gasteiger partial charge in [-0.25, -0.2) is 0 Å². The maximum Gasteiger partial charge on any atom is 0.180 e. The fourth-order valence-electron chi connectivity index (χ4n) is 1.49. The van der Waals surface area contributed by atoms with Crippen molar-refractivity contribution in [1.82, 2.24) is 9.78 Å². The standard InChI is InChI=1S/C12H20N2O/c1-9-8-10(14(5)13-9)11(15)6-7-12(2,3)4/h8H,6-7H2,1-5H3. The highest BCUT2D eigenvalue weighted by molar-refractivity contribution is 5.94. The first kappa shape index (κ1) is 12.0. The van der Waals surface area contributed by atoms with Crippen molar-refractivity contribution in [3.05, 3.63) is 17.5 Å². The molecule has 0 N–H and O–H groups in total. The van der Waals surface area contributed by atoms with Crippen molar-refractivity contribution in [3.63, 3.8) is 0 Å². The smallest absolute Gasteiger partial charge is 0.180 e. The quantitative estimate of drug-likeness (QED) is 0.716. The predicted octanol–water partition coefficient (Wildman–Crippen LogP) is 2.74. The van der Waals surface area contributed by atoms with E-state index in [1.54, 1.807) is 4.68 Å². The molecule has 1 aromatic rings. The van der Waals surface area contributed by atoms with E-state index in [0.717, 1.165) is 17.8 Å². The van der Waals surface area contributed by atoms with Crippen LogP contribution in [0.1, 0.15) is 49.8 Å². The summed E-state index contributed by atoms with van der Waals surface area (Å²) in [5.74, 6) is 0.188. The molecule has 84 valence electrons. The number of ketones is 1. The van der Waals surface area contributed by atoms with Crippen molar-refractivity contribution >= 4 is 5.78 Å². The van der Waals surface area contributed by atoms with Gasteiger partial charge in [0.15, 0.2) is 5.78 Å². The average molecular weight is 208 g/mol. The SMILES string of the molecule is Cc1cc(C(=O)CCC(C)(C)C)n(C)n1. The van der Waals surface area contributed by atoms with Crippen LogP contribution in [0.25, 0.3) is 0 Å². The Labute approximate surface area is 91.5 Å². The summed E-state index contributed by atoms with van der Waals surface area (Å²) in [5, 5.41) is 4.17. The van der Waals surface area contributed by atoms with Gasteiger partial charge in [-0.1, -0.05) is 20.8 Å². The largest absolute Gasteiger partial charge is 0.292 e. The van der Waals surface area contributed by atoms with Gasteiger partial charge in [-0.3, -0.25) is 9.48 Å². The second kappa shape index (κ2) is 4.17.